The van der Waals surface area contributed by atoms with Crippen molar-refractivity contribution in [3.8, 4) is 6.07 Å². The van der Waals surface area contributed by atoms with Crippen LogP contribution in [0.15, 0.2) is 24.3 Å². The molecule has 0 unspecified atom stereocenters. The maximum absolute atomic E-state index is 11.8. The van der Waals surface area contributed by atoms with Crippen molar-refractivity contribution >= 4 is 17.8 Å². The van der Waals surface area contributed by atoms with E-state index in [2.05, 4.69) is 10.1 Å². The molecule has 104 valence electrons. The molecule has 0 saturated heterocycles. The zero-order chi connectivity index (χ0) is 15.1. The summed E-state index contributed by atoms with van der Waals surface area (Å²) in [5, 5.41) is 19.8. The van der Waals surface area contributed by atoms with Crippen LogP contribution in [0.2, 0.25) is 0 Å². The summed E-state index contributed by atoms with van der Waals surface area (Å²) < 4.78 is 4.36. The minimum atomic E-state index is -1.37. The lowest BCUT2D eigenvalue weighted by Gasteiger charge is -2.13. The number of carbonyl (C=O) groups excluding carboxylic acids is 2. The van der Waals surface area contributed by atoms with Gasteiger partial charge in [0.2, 0.25) is 0 Å². The number of hydrogen-bond donors (Lipinski definition) is 2. The van der Waals surface area contributed by atoms with E-state index in [1.54, 1.807) is 0 Å². The molecule has 7 nitrogen and oxygen atoms in total. The molecule has 0 heterocycles. The highest BCUT2D eigenvalue weighted by Crippen LogP contribution is 2.05. The average Bonchev–Trinajstić information content (AvgIpc) is 2.46. The Morgan fingerprint density at radius 1 is 1.35 bits per heavy atom. The van der Waals surface area contributed by atoms with Crippen molar-refractivity contribution in [1.29, 1.82) is 5.26 Å². The fraction of sp³-hybridized carbons (Fsp3) is 0.231. The summed E-state index contributed by atoms with van der Waals surface area (Å²) >= 11 is 0. The molecule has 0 aromatic heterocycles. The number of carbonyl (C=O) groups is 3. The predicted octanol–water partition coefficient (Wildman–Crippen LogP) is 0.304. The number of esters is 1. The SMILES string of the molecule is COC(=O)C[C@H](NC(=O)c1ccc(C#N)cc1)C(=O)O. The van der Waals surface area contributed by atoms with Crippen LogP contribution >= 0.6 is 0 Å². The molecular formula is C13H12N2O5. The van der Waals surface area contributed by atoms with Crippen molar-refractivity contribution in [2.45, 2.75) is 12.5 Å². The molecule has 1 amide bonds. The van der Waals surface area contributed by atoms with Crippen molar-refractivity contribution in [2.24, 2.45) is 0 Å². The number of methoxy groups -OCH3 is 1. The zero-order valence-electron chi connectivity index (χ0n) is 10.6. The quantitative estimate of drug-likeness (QED) is 0.747. The van der Waals surface area contributed by atoms with Gasteiger partial charge >= 0.3 is 11.9 Å². The average molecular weight is 276 g/mol. The lowest BCUT2D eigenvalue weighted by atomic mass is 10.1. The van der Waals surface area contributed by atoms with Crippen molar-refractivity contribution in [2.75, 3.05) is 7.11 Å². The minimum Gasteiger partial charge on any atom is -0.480 e. The summed E-state index contributed by atoms with van der Waals surface area (Å²) in [6.07, 6.45) is -0.464. The summed E-state index contributed by atoms with van der Waals surface area (Å²) in [4.78, 5) is 33.8. The first kappa shape index (κ1) is 15.2. The highest BCUT2D eigenvalue weighted by atomic mass is 16.5. The van der Waals surface area contributed by atoms with E-state index in [-0.39, 0.29) is 5.56 Å². The predicted molar refractivity (Wildman–Crippen MR) is 66.7 cm³/mol. The molecule has 2 N–H and O–H groups in total. The van der Waals surface area contributed by atoms with Crippen molar-refractivity contribution in [3.63, 3.8) is 0 Å². The van der Waals surface area contributed by atoms with Gasteiger partial charge in [0.15, 0.2) is 0 Å². The molecule has 0 radical (unpaired) electrons. The van der Waals surface area contributed by atoms with E-state index in [0.29, 0.717) is 5.56 Å². The van der Waals surface area contributed by atoms with Crippen molar-refractivity contribution in [3.05, 3.63) is 35.4 Å². The number of ether oxygens (including phenoxy) is 1. The van der Waals surface area contributed by atoms with E-state index >= 15 is 0 Å². The van der Waals surface area contributed by atoms with Crippen LogP contribution in [-0.2, 0) is 14.3 Å². The van der Waals surface area contributed by atoms with Crippen LogP contribution in [0, 0.1) is 11.3 Å². The lowest BCUT2D eigenvalue weighted by Crippen LogP contribution is -2.42. The van der Waals surface area contributed by atoms with Crippen molar-refractivity contribution < 1.29 is 24.2 Å². The smallest absolute Gasteiger partial charge is 0.326 e. The van der Waals surface area contributed by atoms with Gasteiger partial charge in [-0.15, -0.1) is 0 Å². The molecule has 1 rings (SSSR count). The number of amides is 1. The molecule has 0 spiro atoms. The molecule has 0 bridgehead atoms. The number of aliphatic carboxylic acids is 1. The van der Waals surface area contributed by atoms with Gasteiger partial charge in [0, 0.05) is 5.56 Å². The minimum absolute atomic E-state index is 0.195. The van der Waals surface area contributed by atoms with Gasteiger partial charge in [-0.1, -0.05) is 0 Å². The standard InChI is InChI=1S/C13H12N2O5/c1-20-11(16)6-10(13(18)19)15-12(17)9-4-2-8(7-14)3-5-9/h2-5,10H,6H2,1H3,(H,15,17)(H,18,19)/t10-/m0/s1. The Balaban J connectivity index is 2.77. The van der Waals surface area contributed by atoms with Gasteiger partial charge in [-0.25, -0.2) is 4.79 Å². The third kappa shape index (κ3) is 4.10. The molecule has 0 saturated carbocycles. The number of nitrogens with one attached hydrogen (secondary N) is 1. The molecule has 0 aliphatic rings. The number of nitriles is 1. The van der Waals surface area contributed by atoms with Crippen LogP contribution < -0.4 is 5.32 Å². The third-order valence-corrected chi connectivity index (χ3v) is 2.48. The first-order valence-electron chi connectivity index (χ1n) is 5.58. The van der Waals surface area contributed by atoms with Crippen LogP contribution in [0.25, 0.3) is 0 Å². The Morgan fingerprint density at radius 3 is 2.40 bits per heavy atom. The third-order valence-electron chi connectivity index (χ3n) is 2.48. The van der Waals surface area contributed by atoms with E-state index in [4.69, 9.17) is 10.4 Å². The largest absolute Gasteiger partial charge is 0.480 e. The second kappa shape index (κ2) is 6.89. The summed E-state index contributed by atoms with van der Waals surface area (Å²) in [5.74, 6) is -2.72. The Morgan fingerprint density at radius 2 is 1.95 bits per heavy atom. The van der Waals surface area contributed by atoms with Gasteiger partial charge in [-0.2, -0.15) is 5.26 Å². The fourth-order valence-corrected chi connectivity index (χ4v) is 1.39. The molecule has 1 aromatic rings. The van der Waals surface area contributed by atoms with E-state index in [9.17, 15) is 14.4 Å². The molecule has 7 heteroatoms. The molecule has 1 atom stereocenters. The second-order valence-corrected chi connectivity index (χ2v) is 3.83. The molecule has 0 aliphatic heterocycles. The van der Waals surface area contributed by atoms with Gasteiger partial charge in [-0.05, 0) is 24.3 Å². The number of nitrogens with zero attached hydrogens (tertiary/aromatic N) is 1. The van der Waals surface area contributed by atoms with Crippen LogP contribution in [0.1, 0.15) is 22.3 Å². The zero-order valence-corrected chi connectivity index (χ0v) is 10.6. The topological polar surface area (TPSA) is 116 Å². The first-order chi connectivity index (χ1) is 9.47. The number of carboxylic acid groups (broad SMARTS) is 1. The molecule has 20 heavy (non-hydrogen) atoms. The Labute approximate surface area is 114 Å². The highest BCUT2D eigenvalue weighted by Gasteiger charge is 2.24. The summed E-state index contributed by atoms with van der Waals surface area (Å²) in [6, 6.07) is 6.19. The molecule has 0 fully saturated rings. The highest BCUT2D eigenvalue weighted by molar-refractivity contribution is 5.97. The summed E-state index contributed by atoms with van der Waals surface area (Å²) in [6.45, 7) is 0. The lowest BCUT2D eigenvalue weighted by molar-refractivity contribution is -0.147. The normalized spacial score (nSPS) is 11.0. The maximum Gasteiger partial charge on any atom is 0.326 e. The Bertz CT molecular complexity index is 559. The number of carboxylic acids is 1. The monoisotopic (exact) mass is 276 g/mol. The van der Waals surface area contributed by atoms with Crippen LogP contribution in [0.3, 0.4) is 0 Å². The van der Waals surface area contributed by atoms with Gasteiger partial charge in [0.05, 0.1) is 25.2 Å². The number of benzene rings is 1. The fourth-order valence-electron chi connectivity index (χ4n) is 1.39. The van der Waals surface area contributed by atoms with Gasteiger partial charge < -0.3 is 15.2 Å². The van der Waals surface area contributed by atoms with Gasteiger partial charge in [0.25, 0.3) is 5.91 Å². The van der Waals surface area contributed by atoms with E-state index in [1.165, 1.54) is 24.3 Å². The first-order valence-corrected chi connectivity index (χ1v) is 5.58. The Hall–Kier alpha value is -2.88. The summed E-state index contributed by atoms with van der Waals surface area (Å²) in [7, 11) is 1.13. The van der Waals surface area contributed by atoms with E-state index < -0.39 is 30.3 Å². The van der Waals surface area contributed by atoms with E-state index in [0.717, 1.165) is 7.11 Å². The van der Waals surface area contributed by atoms with Gasteiger partial charge in [0.1, 0.15) is 6.04 Å². The van der Waals surface area contributed by atoms with Gasteiger partial charge in [-0.3, -0.25) is 9.59 Å². The maximum atomic E-state index is 11.8. The van der Waals surface area contributed by atoms with Crippen LogP contribution in [0.5, 0.6) is 0 Å². The van der Waals surface area contributed by atoms with Crippen LogP contribution in [-0.4, -0.2) is 36.1 Å². The molecule has 1 aromatic carbocycles. The van der Waals surface area contributed by atoms with Crippen LogP contribution in [0.4, 0.5) is 0 Å². The molecular weight excluding hydrogens is 264 g/mol. The Kier molecular flexibility index (Phi) is 5.23. The van der Waals surface area contributed by atoms with E-state index in [1.807, 2.05) is 6.07 Å². The number of rotatable bonds is 5. The summed E-state index contributed by atoms with van der Waals surface area (Å²) in [5.41, 5.74) is 0.575. The molecule has 0 aliphatic carbocycles. The van der Waals surface area contributed by atoms with Crippen molar-refractivity contribution in [1.82, 2.24) is 5.32 Å². The second-order valence-electron chi connectivity index (χ2n) is 3.83. The number of hydrogen-bond acceptors (Lipinski definition) is 5.